The summed E-state index contributed by atoms with van der Waals surface area (Å²) in [6.07, 6.45) is 4.69. The largest absolute Gasteiger partial charge is 0.497 e. The number of hydrogen-bond donors (Lipinski definition) is 1. The SMILES string of the molecule is COc1ccc(CCNC2CCc3ccccc3C2)cc1. The lowest BCUT2D eigenvalue weighted by molar-refractivity contribution is 0.414. The van der Waals surface area contributed by atoms with E-state index in [9.17, 15) is 0 Å². The highest BCUT2D eigenvalue weighted by Crippen LogP contribution is 2.21. The normalized spacial score (nSPS) is 17.3. The molecule has 0 aromatic heterocycles. The molecule has 21 heavy (non-hydrogen) atoms. The second-order valence-corrected chi connectivity index (χ2v) is 5.76. The lowest BCUT2D eigenvalue weighted by atomic mass is 9.88. The highest BCUT2D eigenvalue weighted by molar-refractivity contribution is 5.30. The number of methoxy groups -OCH3 is 1. The molecule has 2 aromatic carbocycles. The molecule has 1 atom stereocenters. The van der Waals surface area contributed by atoms with Crippen LogP contribution >= 0.6 is 0 Å². The third kappa shape index (κ3) is 3.64. The molecule has 1 aliphatic carbocycles. The summed E-state index contributed by atoms with van der Waals surface area (Å²) in [6, 6.07) is 17.8. The van der Waals surface area contributed by atoms with Gasteiger partial charge in [-0.2, -0.15) is 0 Å². The van der Waals surface area contributed by atoms with Crippen LogP contribution in [0.1, 0.15) is 23.1 Å². The van der Waals surface area contributed by atoms with E-state index in [1.165, 1.54) is 36.0 Å². The Morgan fingerprint density at radius 2 is 1.81 bits per heavy atom. The Hall–Kier alpha value is -1.80. The van der Waals surface area contributed by atoms with Gasteiger partial charge in [0.2, 0.25) is 0 Å². The molecular weight excluding hydrogens is 258 g/mol. The first-order valence-electron chi connectivity index (χ1n) is 7.78. The molecule has 0 saturated carbocycles. The topological polar surface area (TPSA) is 21.3 Å². The summed E-state index contributed by atoms with van der Waals surface area (Å²) >= 11 is 0. The zero-order valence-electron chi connectivity index (χ0n) is 12.6. The van der Waals surface area contributed by atoms with E-state index in [2.05, 4.69) is 41.7 Å². The second-order valence-electron chi connectivity index (χ2n) is 5.76. The molecule has 0 saturated heterocycles. The molecule has 0 bridgehead atoms. The minimum atomic E-state index is 0.623. The van der Waals surface area contributed by atoms with E-state index in [0.717, 1.165) is 18.7 Å². The Kier molecular flexibility index (Phi) is 4.56. The molecule has 0 fully saturated rings. The van der Waals surface area contributed by atoms with Crippen molar-refractivity contribution in [2.24, 2.45) is 0 Å². The zero-order valence-corrected chi connectivity index (χ0v) is 12.6. The van der Waals surface area contributed by atoms with E-state index in [-0.39, 0.29) is 0 Å². The van der Waals surface area contributed by atoms with Gasteiger partial charge in [0.15, 0.2) is 0 Å². The van der Waals surface area contributed by atoms with Gasteiger partial charge in [0.25, 0.3) is 0 Å². The molecule has 0 aliphatic heterocycles. The van der Waals surface area contributed by atoms with Gasteiger partial charge in [-0.1, -0.05) is 36.4 Å². The lowest BCUT2D eigenvalue weighted by Gasteiger charge is -2.25. The van der Waals surface area contributed by atoms with Crippen molar-refractivity contribution in [2.75, 3.05) is 13.7 Å². The molecule has 1 unspecified atom stereocenters. The number of benzene rings is 2. The molecule has 1 N–H and O–H groups in total. The van der Waals surface area contributed by atoms with Gasteiger partial charge < -0.3 is 10.1 Å². The van der Waals surface area contributed by atoms with E-state index in [1.807, 2.05) is 12.1 Å². The number of rotatable bonds is 5. The van der Waals surface area contributed by atoms with E-state index < -0.39 is 0 Å². The summed E-state index contributed by atoms with van der Waals surface area (Å²) in [4.78, 5) is 0. The molecule has 0 radical (unpaired) electrons. The van der Waals surface area contributed by atoms with Gasteiger partial charge in [-0.15, -0.1) is 0 Å². The lowest BCUT2D eigenvalue weighted by Crippen LogP contribution is -2.35. The number of aryl methyl sites for hydroxylation is 1. The first-order valence-corrected chi connectivity index (χ1v) is 7.78. The number of nitrogens with one attached hydrogen (secondary N) is 1. The van der Waals surface area contributed by atoms with Gasteiger partial charge in [0, 0.05) is 6.04 Å². The van der Waals surface area contributed by atoms with Crippen molar-refractivity contribution in [1.29, 1.82) is 0 Å². The molecule has 1 aliphatic rings. The van der Waals surface area contributed by atoms with E-state index >= 15 is 0 Å². The van der Waals surface area contributed by atoms with Crippen LogP contribution in [0.25, 0.3) is 0 Å². The maximum atomic E-state index is 5.19. The minimum absolute atomic E-state index is 0.623. The third-order valence-electron chi connectivity index (χ3n) is 4.35. The summed E-state index contributed by atoms with van der Waals surface area (Å²) in [5.41, 5.74) is 4.41. The van der Waals surface area contributed by atoms with Crippen molar-refractivity contribution >= 4 is 0 Å². The van der Waals surface area contributed by atoms with E-state index in [0.29, 0.717) is 6.04 Å². The van der Waals surface area contributed by atoms with Gasteiger partial charge in [0.1, 0.15) is 5.75 Å². The quantitative estimate of drug-likeness (QED) is 0.907. The highest BCUT2D eigenvalue weighted by Gasteiger charge is 2.17. The van der Waals surface area contributed by atoms with Crippen molar-refractivity contribution in [3.63, 3.8) is 0 Å². The molecular formula is C19H23NO. The van der Waals surface area contributed by atoms with Crippen LogP contribution in [0, 0.1) is 0 Å². The van der Waals surface area contributed by atoms with Crippen molar-refractivity contribution in [3.8, 4) is 5.75 Å². The highest BCUT2D eigenvalue weighted by atomic mass is 16.5. The molecule has 110 valence electrons. The molecule has 2 aromatic rings. The first-order chi connectivity index (χ1) is 10.3. The maximum absolute atomic E-state index is 5.19. The Labute approximate surface area is 127 Å². The predicted molar refractivity (Wildman–Crippen MR) is 87.0 cm³/mol. The van der Waals surface area contributed by atoms with Crippen LogP contribution in [0.2, 0.25) is 0 Å². The Balaban J connectivity index is 1.48. The minimum Gasteiger partial charge on any atom is -0.497 e. The van der Waals surface area contributed by atoms with Gasteiger partial charge in [-0.05, 0) is 61.1 Å². The Morgan fingerprint density at radius 1 is 1.05 bits per heavy atom. The van der Waals surface area contributed by atoms with Crippen LogP contribution in [-0.2, 0) is 19.3 Å². The molecule has 2 nitrogen and oxygen atoms in total. The first kappa shape index (κ1) is 14.2. The summed E-state index contributed by atoms with van der Waals surface area (Å²) in [5.74, 6) is 0.926. The zero-order chi connectivity index (χ0) is 14.5. The third-order valence-corrected chi connectivity index (χ3v) is 4.35. The van der Waals surface area contributed by atoms with Crippen LogP contribution < -0.4 is 10.1 Å². The molecule has 0 heterocycles. The maximum Gasteiger partial charge on any atom is 0.118 e. The average molecular weight is 281 g/mol. The van der Waals surface area contributed by atoms with Crippen molar-refractivity contribution in [1.82, 2.24) is 5.32 Å². The Bertz CT molecular complexity index is 576. The molecule has 3 rings (SSSR count). The fourth-order valence-corrected chi connectivity index (χ4v) is 3.08. The number of ether oxygens (including phenoxy) is 1. The number of fused-ring (bicyclic) bond motifs is 1. The number of hydrogen-bond acceptors (Lipinski definition) is 2. The fourth-order valence-electron chi connectivity index (χ4n) is 3.08. The molecule has 0 spiro atoms. The van der Waals surface area contributed by atoms with Gasteiger partial charge in [0.05, 0.1) is 7.11 Å². The van der Waals surface area contributed by atoms with Crippen LogP contribution in [-0.4, -0.2) is 19.7 Å². The molecule has 0 amide bonds. The van der Waals surface area contributed by atoms with Crippen LogP contribution in [0.3, 0.4) is 0 Å². The van der Waals surface area contributed by atoms with E-state index in [4.69, 9.17) is 4.74 Å². The van der Waals surface area contributed by atoms with Crippen LogP contribution in [0.15, 0.2) is 48.5 Å². The fraction of sp³-hybridized carbons (Fsp3) is 0.368. The predicted octanol–water partition coefficient (Wildman–Crippen LogP) is 3.38. The smallest absolute Gasteiger partial charge is 0.118 e. The van der Waals surface area contributed by atoms with E-state index in [1.54, 1.807) is 7.11 Å². The second kappa shape index (κ2) is 6.77. The Morgan fingerprint density at radius 3 is 2.57 bits per heavy atom. The summed E-state index contributed by atoms with van der Waals surface area (Å²) in [6.45, 7) is 1.04. The van der Waals surface area contributed by atoms with Crippen LogP contribution in [0.5, 0.6) is 5.75 Å². The summed E-state index contributed by atoms with van der Waals surface area (Å²) in [5, 5.41) is 3.71. The average Bonchev–Trinajstić information content (AvgIpc) is 2.55. The monoisotopic (exact) mass is 281 g/mol. The van der Waals surface area contributed by atoms with Gasteiger partial charge >= 0.3 is 0 Å². The van der Waals surface area contributed by atoms with Gasteiger partial charge in [-0.25, -0.2) is 0 Å². The van der Waals surface area contributed by atoms with Crippen molar-refractivity contribution < 1.29 is 4.74 Å². The summed E-state index contributed by atoms with van der Waals surface area (Å²) in [7, 11) is 1.71. The summed E-state index contributed by atoms with van der Waals surface area (Å²) < 4.78 is 5.19. The van der Waals surface area contributed by atoms with Crippen LogP contribution in [0.4, 0.5) is 0 Å². The van der Waals surface area contributed by atoms with Crippen molar-refractivity contribution in [2.45, 2.75) is 31.7 Å². The molecule has 2 heteroatoms. The van der Waals surface area contributed by atoms with Gasteiger partial charge in [-0.3, -0.25) is 0 Å². The van der Waals surface area contributed by atoms with Crippen molar-refractivity contribution in [3.05, 3.63) is 65.2 Å². The standard InChI is InChI=1S/C19H23NO/c1-21-19-10-6-15(7-11-19)12-13-20-18-9-8-16-4-2-3-5-17(16)14-18/h2-7,10-11,18,20H,8-9,12-14H2,1H3.